The number of carbonyl (C=O) groups is 1. The maximum atomic E-state index is 12.1. The number of hydrogen-bond acceptors (Lipinski definition) is 2. The summed E-state index contributed by atoms with van der Waals surface area (Å²) in [6.45, 7) is 5.61. The van der Waals surface area contributed by atoms with Crippen LogP contribution in [-0.4, -0.2) is 30.9 Å². The molecule has 3 nitrogen and oxygen atoms in total. The zero-order valence-electron chi connectivity index (χ0n) is 11.5. The molecular weight excluding hydrogens is 224 g/mol. The molecule has 1 N–H and O–H groups in total. The molecule has 0 unspecified atom stereocenters. The SMILES string of the molecule is CNCC(=O)N1CCC[C@@H]1c1cccc(C)c1C. The van der Waals surface area contributed by atoms with E-state index in [0.717, 1.165) is 19.4 Å². The molecule has 1 aliphatic heterocycles. The average Bonchev–Trinajstić information content (AvgIpc) is 2.82. The molecule has 0 saturated carbocycles. The van der Waals surface area contributed by atoms with Crippen molar-refractivity contribution in [1.82, 2.24) is 10.2 Å². The molecule has 18 heavy (non-hydrogen) atoms. The van der Waals surface area contributed by atoms with Gasteiger partial charge in [-0.05, 0) is 50.4 Å². The molecule has 0 aliphatic carbocycles. The van der Waals surface area contributed by atoms with E-state index in [1.807, 2.05) is 11.9 Å². The lowest BCUT2D eigenvalue weighted by molar-refractivity contribution is -0.131. The summed E-state index contributed by atoms with van der Waals surface area (Å²) < 4.78 is 0. The fourth-order valence-corrected chi connectivity index (χ4v) is 2.78. The maximum absolute atomic E-state index is 12.1. The van der Waals surface area contributed by atoms with Crippen LogP contribution in [0.3, 0.4) is 0 Å². The number of likely N-dealkylation sites (tertiary alicyclic amines) is 1. The summed E-state index contributed by atoms with van der Waals surface area (Å²) >= 11 is 0. The summed E-state index contributed by atoms with van der Waals surface area (Å²) in [7, 11) is 1.82. The third-order valence-corrected chi connectivity index (χ3v) is 3.91. The Hall–Kier alpha value is -1.35. The van der Waals surface area contributed by atoms with Crippen molar-refractivity contribution in [3.63, 3.8) is 0 Å². The Labute approximate surface area is 109 Å². The maximum Gasteiger partial charge on any atom is 0.237 e. The Balaban J connectivity index is 2.26. The van der Waals surface area contributed by atoms with E-state index in [9.17, 15) is 4.79 Å². The van der Waals surface area contributed by atoms with Crippen molar-refractivity contribution in [2.24, 2.45) is 0 Å². The fourth-order valence-electron chi connectivity index (χ4n) is 2.78. The molecule has 1 amide bonds. The van der Waals surface area contributed by atoms with Crippen LogP contribution in [0.1, 0.15) is 35.6 Å². The van der Waals surface area contributed by atoms with Gasteiger partial charge in [-0.2, -0.15) is 0 Å². The smallest absolute Gasteiger partial charge is 0.237 e. The van der Waals surface area contributed by atoms with E-state index >= 15 is 0 Å². The second-order valence-corrected chi connectivity index (χ2v) is 5.06. The van der Waals surface area contributed by atoms with Crippen molar-refractivity contribution >= 4 is 5.91 Å². The Morgan fingerprint density at radius 2 is 2.22 bits per heavy atom. The van der Waals surface area contributed by atoms with Crippen LogP contribution >= 0.6 is 0 Å². The number of nitrogens with zero attached hydrogens (tertiary/aromatic N) is 1. The number of aryl methyl sites for hydroxylation is 1. The molecule has 1 heterocycles. The van der Waals surface area contributed by atoms with Crippen LogP contribution in [0.25, 0.3) is 0 Å². The van der Waals surface area contributed by atoms with E-state index < -0.39 is 0 Å². The van der Waals surface area contributed by atoms with Crippen LogP contribution in [-0.2, 0) is 4.79 Å². The minimum absolute atomic E-state index is 0.209. The standard InChI is InChI=1S/C15H22N2O/c1-11-6-4-7-13(12(11)2)14-8-5-9-17(14)15(18)10-16-3/h4,6-7,14,16H,5,8-10H2,1-3H3/t14-/m1/s1. The molecule has 1 saturated heterocycles. The molecule has 0 bridgehead atoms. The summed E-state index contributed by atoms with van der Waals surface area (Å²) in [4.78, 5) is 14.1. The molecule has 1 aromatic carbocycles. The van der Waals surface area contributed by atoms with Crippen molar-refractivity contribution in [2.75, 3.05) is 20.1 Å². The van der Waals surface area contributed by atoms with Gasteiger partial charge in [0.1, 0.15) is 0 Å². The van der Waals surface area contributed by atoms with Gasteiger partial charge in [-0.3, -0.25) is 4.79 Å². The molecule has 1 aromatic rings. The van der Waals surface area contributed by atoms with Crippen LogP contribution in [0.2, 0.25) is 0 Å². The second-order valence-electron chi connectivity index (χ2n) is 5.06. The Morgan fingerprint density at radius 3 is 2.94 bits per heavy atom. The van der Waals surface area contributed by atoms with E-state index in [1.54, 1.807) is 0 Å². The lowest BCUT2D eigenvalue weighted by Crippen LogP contribution is -2.36. The van der Waals surface area contributed by atoms with Gasteiger partial charge in [-0.15, -0.1) is 0 Å². The first-order chi connectivity index (χ1) is 8.65. The summed E-state index contributed by atoms with van der Waals surface area (Å²) in [6, 6.07) is 6.66. The van der Waals surface area contributed by atoms with E-state index in [-0.39, 0.29) is 11.9 Å². The molecule has 0 radical (unpaired) electrons. The number of benzene rings is 1. The number of rotatable bonds is 3. The summed E-state index contributed by atoms with van der Waals surface area (Å²) in [5.41, 5.74) is 3.95. The number of nitrogens with one attached hydrogen (secondary N) is 1. The molecular formula is C15H22N2O. The first-order valence-electron chi connectivity index (χ1n) is 6.65. The van der Waals surface area contributed by atoms with Gasteiger partial charge in [0, 0.05) is 6.54 Å². The van der Waals surface area contributed by atoms with Gasteiger partial charge in [0.15, 0.2) is 0 Å². The topological polar surface area (TPSA) is 32.3 Å². The fraction of sp³-hybridized carbons (Fsp3) is 0.533. The van der Waals surface area contributed by atoms with E-state index in [0.29, 0.717) is 6.54 Å². The number of likely N-dealkylation sites (N-methyl/N-ethyl adjacent to an activating group) is 1. The highest BCUT2D eigenvalue weighted by atomic mass is 16.2. The van der Waals surface area contributed by atoms with Crippen molar-refractivity contribution < 1.29 is 4.79 Å². The lowest BCUT2D eigenvalue weighted by atomic mass is 9.96. The Morgan fingerprint density at radius 1 is 1.44 bits per heavy atom. The predicted molar refractivity (Wildman–Crippen MR) is 73.5 cm³/mol. The van der Waals surface area contributed by atoms with Gasteiger partial charge in [0.05, 0.1) is 12.6 Å². The van der Waals surface area contributed by atoms with Crippen LogP contribution < -0.4 is 5.32 Å². The van der Waals surface area contributed by atoms with Crippen LogP contribution in [0.4, 0.5) is 0 Å². The third-order valence-electron chi connectivity index (χ3n) is 3.91. The normalized spacial score (nSPS) is 19.3. The minimum atomic E-state index is 0.209. The highest BCUT2D eigenvalue weighted by molar-refractivity contribution is 5.79. The van der Waals surface area contributed by atoms with Gasteiger partial charge in [-0.1, -0.05) is 18.2 Å². The quantitative estimate of drug-likeness (QED) is 0.886. The lowest BCUT2D eigenvalue weighted by Gasteiger charge is -2.26. The third kappa shape index (κ3) is 2.41. The molecule has 1 atom stereocenters. The van der Waals surface area contributed by atoms with Gasteiger partial charge in [0.25, 0.3) is 0 Å². The summed E-state index contributed by atoms with van der Waals surface area (Å²) in [5.74, 6) is 0.209. The number of carbonyl (C=O) groups excluding carboxylic acids is 1. The van der Waals surface area contributed by atoms with Crippen molar-refractivity contribution in [1.29, 1.82) is 0 Å². The van der Waals surface area contributed by atoms with Crippen LogP contribution in [0, 0.1) is 13.8 Å². The first-order valence-corrected chi connectivity index (χ1v) is 6.65. The molecule has 98 valence electrons. The van der Waals surface area contributed by atoms with Crippen LogP contribution in [0.5, 0.6) is 0 Å². The Bertz CT molecular complexity index is 442. The number of hydrogen-bond donors (Lipinski definition) is 1. The molecule has 2 rings (SSSR count). The molecule has 0 spiro atoms. The highest BCUT2D eigenvalue weighted by Crippen LogP contribution is 2.34. The monoisotopic (exact) mass is 246 g/mol. The average molecular weight is 246 g/mol. The zero-order valence-corrected chi connectivity index (χ0v) is 11.5. The van der Waals surface area contributed by atoms with Crippen molar-refractivity contribution in [3.8, 4) is 0 Å². The van der Waals surface area contributed by atoms with E-state index in [1.165, 1.54) is 16.7 Å². The van der Waals surface area contributed by atoms with Crippen molar-refractivity contribution in [3.05, 3.63) is 34.9 Å². The molecule has 1 aliphatic rings. The molecule has 1 fully saturated rings. The van der Waals surface area contributed by atoms with Gasteiger partial charge < -0.3 is 10.2 Å². The molecule has 0 aromatic heterocycles. The molecule has 3 heteroatoms. The summed E-state index contributed by atoms with van der Waals surface area (Å²) in [5, 5.41) is 2.95. The summed E-state index contributed by atoms with van der Waals surface area (Å²) in [6.07, 6.45) is 2.19. The number of amides is 1. The van der Waals surface area contributed by atoms with Gasteiger partial charge >= 0.3 is 0 Å². The van der Waals surface area contributed by atoms with Gasteiger partial charge in [-0.25, -0.2) is 0 Å². The van der Waals surface area contributed by atoms with Gasteiger partial charge in [0.2, 0.25) is 5.91 Å². The zero-order chi connectivity index (χ0) is 13.1. The van der Waals surface area contributed by atoms with E-state index in [4.69, 9.17) is 0 Å². The van der Waals surface area contributed by atoms with Crippen LogP contribution in [0.15, 0.2) is 18.2 Å². The Kier molecular flexibility index (Phi) is 4.02. The first kappa shape index (κ1) is 13.1. The van der Waals surface area contributed by atoms with Crippen molar-refractivity contribution in [2.45, 2.75) is 32.7 Å². The van der Waals surface area contributed by atoms with E-state index in [2.05, 4.69) is 37.4 Å². The highest BCUT2D eigenvalue weighted by Gasteiger charge is 2.30. The second kappa shape index (κ2) is 5.53. The largest absolute Gasteiger partial charge is 0.335 e. The minimum Gasteiger partial charge on any atom is -0.335 e. The predicted octanol–water partition coefficient (Wildman–Crippen LogP) is 2.19.